The fourth-order valence-corrected chi connectivity index (χ4v) is 3.97. The van der Waals surface area contributed by atoms with Crippen molar-refractivity contribution < 1.29 is 14.3 Å². The van der Waals surface area contributed by atoms with Crippen LogP contribution in [0.4, 0.5) is 0 Å². The number of piperidine rings is 2. The summed E-state index contributed by atoms with van der Waals surface area (Å²) < 4.78 is 5.72. The Morgan fingerprint density at radius 3 is 2.57 bits per heavy atom. The van der Waals surface area contributed by atoms with E-state index in [1.165, 1.54) is 0 Å². The molecule has 130 valence electrons. The number of ether oxygens (including phenoxy) is 1. The Bertz CT molecular complexity index is 435. The summed E-state index contributed by atoms with van der Waals surface area (Å²) in [6.45, 7) is 3.86. The quantitative estimate of drug-likeness (QED) is 0.828. The SMILES string of the molecule is NC[C@H]1CC[C@@H](C(=O)N2CCC(CN3CCCCC3=O)CC2)O1. The van der Waals surface area contributed by atoms with Gasteiger partial charge >= 0.3 is 0 Å². The van der Waals surface area contributed by atoms with Crippen LogP contribution in [0.2, 0.25) is 0 Å². The second kappa shape index (κ2) is 7.62. The predicted molar refractivity (Wildman–Crippen MR) is 86.7 cm³/mol. The minimum absolute atomic E-state index is 0.0478. The minimum Gasteiger partial charge on any atom is -0.364 e. The van der Waals surface area contributed by atoms with Crippen LogP contribution in [0.1, 0.15) is 44.9 Å². The highest BCUT2D eigenvalue weighted by molar-refractivity contribution is 5.81. The number of carbonyl (C=O) groups excluding carboxylic acids is 2. The fraction of sp³-hybridized carbons (Fsp3) is 0.882. The first-order valence-electron chi connectivity index (χ1n) is 9.09. The number of nitrogens with two attached hydrogens (primary N) is 1. The third kappa shape index (κ3) is 4.04. The van der Waals surface area contributed by atoms with Crippen molar-refractivity contribution in [3.05, 3.63) is 0 Å². The molecule has 3 fully saturated rings. The van der Waals surface area contributed by atoms with E-state index in [1.54, 1.807) is 0 Å². The van der Waals surface area contributed by atoms with Crippen molar-refractivity contribution in [3.8, 4) is 0 Å². The average molecular weight is 323 g/mol. The van der Waals surface area contributed by atoms with Crippen LogP contribution in [0.3, 0.4) is 0 Å². The van der Waals surface area contributed by atoms with Crippen LogP contribution in [0, 0.1) is 5.92 Å². The molecule has 6 nitrogen and oxygen atoms in total. The molecule has 3 aliphatic heterocycles. The summed E-state index contributed by atoms with van der Waals surface area (Å²) in [5.74, 6) is 0.970. The van der Waals surface area contributed by atoms with E-state index in [-0.39, 0.29) is 18.1 Å². The third-order valence-electron chi connectivity index (χ3n) is 5.47. The fourth-order valence-electron chi connectivity index (χ4n) is 3.97. The van der Waals surface area contributed by atoms with Gasteiger partial charge in [0, 0.05) is 39.1 Å². The summed E-state index contributed by atoms with van der Waals surface area (Å²) in [7, 11) is 0. The van der Waals surface area contributed by atoms with Crippen molar-refractivity contribution in [2.75, 3.05) is 32.7 Å². The van der Waals surface area contributed by atoms with E-state index in [9.17, 15) is 9.59 Å². The zero-order chi connectivity index (χ0) is 16.2. The van der Waals surface area contributed by atoms with Crippen molar-refractivity contribution in [2.24, 2.45) is 11.7 Å². The number of hydrogen-bond acceptors (Lipinski definition) is 4. The van der Waals surface area contributed by atoms with Crippen LogP contribution in [0.15, 0.2) is 0 Å². The van der Waals surface area contributed by atoms with E-state index < -0.39 is 0 Å². The van der Waals surface area contributed by atoms with E-state index in [1.807, 2.05) is 9.80 Å². The number of rotatable bonds is 4. The lowest BCUT2D eigenvalue weighted by Crippen LogP contribution is -2.46. The smallest absolute Gasteiger partial charge is 0.251 e. The Hall–Kier alpha value is -1.14. The van der Waals surface area contributed by atoms with Gasteiger partial charge in [-0.25, -0.2) is 0 Å². The molecule has 0 radical (unpaired) electrons. The molecule has 2 atom stereocenters. The maximum Gasteiger partial charge on any atom is 0.251 e. The van der Waals surface area contributed by atoms with E-state index >= 15 is 0 Å². The van der Waals surface area contributed by atoms with Gasteiger partial charge in [0.1, 0.15) is 6.10 Å². The summed E-state index contributed by atoms with van der Waals surface area (Å²) in [5, 5.41) is 0. The van der Waals surface area contributed by atoms with Gasteiger partial charge in [0.2, 0.25) is 5.91 Å². The van der Waals surface area contributed by atoms with Gasteiger partial charge in [-0.05, 0) is 44.4 Å². The summed E-state index contributed by atoms with van der Waals surface area (Å²) in [4.78, 5) is 28.4. The van der Waals surface area contributed by atoms with Gasteiger partial charge < -0.3 is 20.3 Å². The van der Waals surface area contributed by atoms with Crippen molar-refractivity contribution in [2.45, 2.75) is 57.2 Å². The maximum atomic E-state index is 12.5. The molecule has 3 heterocycles. The third-order valence-corrected chi connectivity index (χ3v) is 5.47. The first-order chi connectivity index (χ1) is 11.2. The highest BCUT2D eigenvalue weighted by Gasteiger charge is 2.34. The molecule has 3 aliphatic rings. The first kappa shape index (κ1) is 16.7. The van der Waals surface area contributed by atoms with Crippen molar-refractivity contribution in [3.63, 3.8) is 0 Å². The summed E-state index contributed by atoms with van der Waals surface area (Å²) in [6, 6.07) is 0. The molecular formula is C17H29N3O3. The monoisotopic (exact) mass is 323 g/mol. The standard InChI is InChI=1S/C17H29N3O3/c18-11-14-4-5-15(23-14)17(22)19-9-6-13(7-10-19)12-20-8-2-1-3-16(20)21/h13-15H,1-12,18H2/t14-,15+/m1/s1. The number of nitrogens with zero attached hydrogens (tertiary/aromatic N) is 2. The summed E-state index contributed by atoms with van der Waals surface area (Å²) in [6.07, 6.45) is 6.29. The lowest BCUT2D eigenvalue weighted by atomic mass is 9.94. The lowest BCUT2D eigenvalue weighted by molar-refractivity contribution is -0.144. The van der Waals surface area contributed by atoms with Gasteiger partial charge in [-0.1, -0.05) is 0 Å². The molecule has 0 aromatic carbocycles. The Kier molecular flexibility index (Phi) is 5.54. The van der Waals surface area contributed by atoms with Gasteiger partial charge in [-0.2, -0.15) is 0 Å². The largest absolute Gasteiger partial charge is 0.364 e. The normalized spacial score (nSPS) is 30.0. The number of amides is 2. The van der Waals surface area contributed by atoms with Crippen molar-refractivity contribution in [1.29, 1.82) is 0 Å². The van der Waals surface area contributed by atoms with Gasteiger partial charge in [0.25, 0.3) is 5.91 Å². The Labute approximate surface area is 138 Å². The molecular weight excluding hydrogens is 294 g/mol. The van der Waals surface area contributed by atoms with Gasteiger partial charge in [0.15, 0.2) is 0 Å². The average Bonchev–Trinajstić information content (AvgIpc) is 3.06. The highest BCUT2D eigenvalue weighted by atomic mass is 16.5. The summed E-state index contributed by atoms with van der Waals surface area (Å²) >= 11 is 0. The Morgan fingerprint density at radius 2 is 1.91 bits per heavy atom. The van der Waals surface area contributed by atoms with Crippen LogP contribution in [0.25, 0.3) is 0 Å². The molecule has 0 unspecified atom stereocenters. The van der Waals surface area contributed by atoms with Crippen LogP contribution in [0.5, 0.6) is 0 Å². The Balaban J connectivity index is 1.43. The van der Waals surface area contributed by atoms with Crippen LogP contribution < -0.4 is 5.73 Å². The van der Waals surface area contributed by atoms with Gasteiger partial charge in [0.05, 0.1) is 6.10 Å². The number of likely N-dealkylation sites (tertiary alicyclic amines) is 2. The lowest BCUT2D eigenvalue weighted by Gasteiger charge is -2.36. The molecule has 2 amide bonds. The molecule has 6 heteroatoms. The van der Waals surface area contributed by atoms with E-state index in [2.05, 4.69) is 0 Å². The molecule has 0 spiro atoms. The number of hydrogen-bond donors (Lipinski definition) is 1. The minimum atomic E-state index is -0.288. The second-order valence-corrected chi connectivity index (χ2v) is 7.13. The van der Waals surface area contributed by atoms with Crippen LogP contribution in [-0.2, 0) is 14.3 Å². The van der Waals surface area contributed by atoms with E-state index in [0.717, 1.165) is 64.7 Å². The van der Waals surface area contributed by atoms with Crippen molar-refractivity contribution >= 4 is 11.8 Å². The predicted octanol–water partition coefficient (Wildman–Crippen LogP) is 0.744. The topological polar surface area (TPSA) is 75.9 Å². The van der Waals surface area contributed by atoms with E-state index in [4.69, 9.17) is 10.5 Å². The maximum absolute atomic E-state index is 12.5. The van der Waals surface area contributed by atoms with Gasteiger partial charge in [-0.15, -0.1) is 0 Å². The van der Waals surface area contributed by atoms with E-state index in [0.29, 0.717) is 24.8 Å². The molecule has 0 aliphatic carbocycles. The van der Waals surface area contributed by atoms with Crippen LogP contribution in [-0.4, -0.2) is 66.5 Å². The molecule has 0 saturated carbocycles. The molecule has 0 bridgehead atoms. The molecule has 23 heavy (non-hydrogen) atoms. The molecule has 2 N–H and O–H groups in total. The van der Waals surface area contributed by atoms with Crippen LogP contribution >= 0.6 is 0 Å². The zero-order valence-corrected chi connectivity index (χ0v) is 13.9. The highest BCUT2D eigenvalue weighted by Crippen LogP contribution is 2.25. The molecule has 3 rings (SSSR count). The Morgan fingerprint density at radius 1 is 1.13 bits per heavy atom. The second-order valence-electron chi connectivity index (χ2n) is 7.13. The molecule has 0 aromatic heterocycles. The first-order valence-corrected chi connectivity index (χ1v) is 9.09. The zero-order valence-electron chi connectivity index (χ0n) is 13.9. The molecule has 0 aromatic rings. The molecule has 3 saturated heterocycles. The summed E-state index contributed by atoms with van der Waals surface area (Å²) in [5.41, 5.74) is 5.61. The van der Waals surface area contributed by atoms with Crippen molar-refractivity contribution in [1.82, 2.24) is 9.80 Å². The van der Waals surface area contributed by atoms with Gasteiger partial charge in [-0.3, -0.25) is 9.59 Å². The number of carbonyl (C=O) groups is 2.